The molecule has 0 saturated carbocycles. The fourth-order valence-electron chi connectivity index (χ4n) is 1.68. The van der Waals surface area contributed by atoms with Crippen molar-refractivity contribution in [3.05, 3.63) is 50.8 Å². The summed E-state index contributed by atoms with van der Waals surface area (Å²) >= 11 is 5.99. The molecule has 0 aliphatic rings. The van der Waals surface area contributed by atoms with Crippen molar-refractivity contribution in [1.29, 1.82) is 0 Å². The van der Waals surface area contributed by atoms with Gasteiger partial charge in [-0.25, -0.2) is 4.68 Å². The van der Waals surface area contributed by atoms with E-state index in [1.807, 2.05) is 0 Å². The van der Waals surface area contributed by atoms with Crippen molar-refractivity contribution in [2.75, 3.05) is 6.61 Å². The third-order valence-corrected chi connectivity index (χ3v) is 2.92. The number of aromatic nitrogens is 3. The summed E-state index contributed by atoms with van der Waals surface area (Å²) in [7, 11) is 0. The van der Waals surface area contributed by atoms with E-state index in [0.29, 0.717) is 22.7 Å². The van der Waals surface area contributed by atoms with Gasteiger partial charge in [-0.2, -0.15) is 0 Å². The Morgan fingerprint density at radius 2 is 2.26 bits per heavy atom. The zero-order valence-corrected chi connectivity index (χ0v) is 10.6. The van der Waals surface area contributed by atoms with Crippen LogP contribution in [-0.4, -0.2) is 31.6 Å². The van der Waals surface area contributed by atoms with Gasteiger partial charge in [0.15, 0.2) is 0 Å². The lowest BCUT2D eigenvalue weighted by molar-refractivity contribution is -0.385. The molecule has 0 saturated heterocycles. The lowest BCUT2D eigenvalue weighted by Crippen LogP contribution is -2.04. The first kappa shape index (κ1) is 13.4. The summed E-state index contributed by atoms with van der Waals surface area (Å²) in [6.45, 7) is 0.138. The molecule has 0 aliphatic carbocycles. The lowest BCUT2D eigenvalue weighted by Gasteiger charge is -2.04. The van der Waals surface area contributed by atoms with Crippen LogP contribution in [0.1, 0.15) is 11.3 Å². The van der Waals surface area contributed by atoms with Crippen LogP contribution in [0.25, 0.3) is 0 Å². The van der Waals surface area contributed by atoms with Gasteiger partial charge in [-0.05, 0) is 6.07 Å². The normalized spacial score (nSPS) is 10.6. The van der Waals surface area contributed by atoms with E-state index in [1.165, 1.54) is 16.8 Å². The fraction of sp³-hybridized carbons (Fsp3) is 0.273. The number of aliphatic hydroxyl groups excluding tert-OH is 1. The van der Waals surface area contributed by atoms with Crippen molar-refractivity contribution in [2.24, 2.45) is 0 Å². The van der Waals surface area contributed by atoms with Crippen LogP contribution in [0, 0.1) is 10.1 Å². The number of hydrogen-bond acceptors (Lipinski definition) is 5. The summed E-state index contributed by atoms with van der Waals surface area (Å²) < 4.78 is 1.46. The van der Waals surface area contributed by atoms with Gasteiger partial charge in [0.1, 0.15) is 0 Å². The highest BCUT2D eigenvalue weighted by Gasteiger charge is 2.17. The molecule has 100 valence electrons. The summed E-state index contributed by atoms with van der Waals surface area (Å²) in [4.78, 5) is 10.5. The zero-order chi connectivity index (χ0) is 13.8. The minimum atomic E-state index is -0.479. The van der Waals surface area contributed by atoms with E-state index in [9.17, 15) is 10.1 Å². The molecule has 7 nitrogen and oxygen atoms in total. The average Bonchev–Trinajstić information content (AvgIpc) is 2.79. The smallest absolute Gasteiger partial charge is 0.275 e. The number of halogens is 1. The molecule has 0 aliphatic heterocycles. The van der Waals surface area contributed by atoms with Crippen LogP contribution in [0.15, 0.2) is 24.4 Å². The predicted molar refractivity (Wildman–Crippen MR) is 68.0 cm³/mol. The first-order chi connectivity index (χ1) is 9.11. The Morgan fingerprint density at radius 3 is 2.95 bits per heavy atom. The molecule has 1 aromatic heterocycles. The molecule has 2 rings (SSSR count). The molecule has 2 aromatic rings. The Morgan fingerprint density at radius 1 is 1.47 bits per heavy atom. The average molecular weight is 283 g/mol. The molecule has 0 unspecified atom stereocenters. The second-order valence-corrected chi connectivity index (χ2v) is 4.28. The minimum absolute atomic E-state index is 0.0229. The molecular formula is C11H11ClN4O3. The standard InChI is InChI=1S/C11H11ClN4O3/c12-10-2-1-3-11(16(18)19)9(10)7-15-6-8(4-5-17)13-14-15/h1-3,6,17H,4-5,7H2. The molecule has 1 aromatic carbocycles. The van der Waals surface area contributed by atoms with E-state index in [0.717, 1.165) is 0 Å². The molecule has 0 atom stereocenters. The van der Waals surface area contributed by atoms with Crippen LogP contribution in [0.5, 0.6) is 0 Å². The van der Waals surface area contributed by atoms with Crippen molar-refractivity contribution in [1.82, 2.24) is 15.0 Å². The monoisotopic (exact) mass is 282 g/mol. The van der Waals surface area contributed by atoms with Gasteiger partial charge in [0, 0.05) is 25.3 Å². The van der Waals surface area contributed by atoms with E-state index in [2.05, 4.69) is 10.3 Å². The van der Waals surface area contributed by atoms with Gasteiger partial charge in [0.25, 0.3) is 5.69 Å². The first-order valence-corrected chi connectivity index (χ1v) is 5.91. The van der Waals surface area contributed by atoms with Gasteiger partial charge in [0.05, 0.1) is 27.7 Å². The van der Waals surface area contributed by atoms with Crippen LogP contribution in [0.4, 0.5) is 5.69 Å². The Bertz CT molecular complexity index is 599. The molecule has 0 bridgehead atoms. The van der Waals surface area contributed by atoms with Crippen molar-refractivity contribution in [2.45, 2.75) is 13.0 Å². The number of nitrogens with zero attached hydrogens (tertiary/aromatic N) is 4. The van der Waals surface area contributed by atoms with E-state index >= 15 is 0 Å². The van der Waals surface area contributed by atoms with E-state index in [1.54, 1.807) is 12.3 Å². The van der Waals surface area contributed by atoms with Gasteiger partial charge >= 0.3 is 0 Å². The van der Waals surface area contributed by atoms with Gasteiger partial charge in [0.2, 0.25) is 0 Å². The number of nitro benzene ring substituents is 1. The summed E-state index contributed by atoms with van der Waals surface area (Å²) in [6.07, 6.45) is 2.02. The third kappa shape index (κ3) is 3.07. The number of rotatable bonds is 5. The second kappa shape index (κ2) is 5.77. The van der Waals surface area contributed by atoms with Crippen molar-refractivity contribution < 1.29 is 10.0 Å². The molecule has 0 fully saturated rings. The number of hydrogen-bond donors (Lipinski definition) is 1. The maximum Gasteiger partial charge on any atom is 0.275 e. The number of nitro groups is 1. The Hall–Kier alpha value is -1.99. The molecular weight excluding hydrogens is 272 g/mol. The number of benzene rings is 1. The highest BCUT2D eigenvalue weighted by Crippen LogP contribution is 2.26. The van der Waals surface area contributed by atoms with Gasteiger partial charge in [-0.1, -0.05) is 22.9 Å². The van der Waals surface area contributed by atoms with E-state index < -0.39 is 4.92 Å². The molecule has 0 spiro atoms. The molecule has 0 radical (unpaired) electrons. The quantitative estimate of drug-likeness (QED) is 0.661. The summed E-state index contributed by atoms with van der Waals surface area (Å²) in [6, 6.07) is 4.52. The fourth-order valence-corrected chi connectivity index (χ4v) is 1.91. The van der Waals surface area contributed by atoms with Crippen LogP contribution in [0.2, 0.25) is 5.02 Å². The predicted octanol–water partition coefficient (Wildman–Crippen LogP) is 1.42. The maximum atomic E-state index is 10.9. The van der Waals surface area contributed by atoms with Crippen LogP contribution < -0.4 is 0 Å². The topological polar surface area (TPSA) is 94.1 Å². The number of aliphatic hydroxyl groups is 1. The van der Waals surface area contributed by atoms with Crippen molar-refractivity contribution in [3.8, 4) is 0 Å². The minimum Gasteiger partial charge on any atom is -0.396 e. The molecule has 0 amide bonds. The third-order valence-electron chi connectivity index (χ3n) is 2.56. The Labute approximate surface area is 113 Å². The van der Waals surface area contributed by atoms with Crippen LogP contribution in [-0.2, 0) is 13.0 Å². The highest BCUT2D eigenvalue weighted by molar-refractivity contribution is 6.31. The van der Waals surface area contributed by atoms with Gasteiger partial charge in [-0.3, -0.25) is 10.1 Å². The largest absolute Gasteiger partial charge is 0.396 e. The molecule has 19 heavy (non-hydrogen) atoms. The SMILES string of the molecule is O=[N+]([O-])c1cccc(Cl)c1Cn1cc(CCO)nn1. The second-order valence-electron chi connectivity index (χ2n) is 3.88. The van der Waals surface area contributed by atoms with Crippen molar-refractivity contribution in [3.63, 3.8) is 0 Å². The van der Waals surface area contributed by atoms with Gasteiger partial charge < -0.3 is 5.11 Å². The summed E-state index contributed by atoms with van der Waals surface area (Å²) in [5.41, 5.74) is 0.957. The van der Waals surface area contributed by atoms with Crippen molar-refractivity contribution >= 4 is 17.3 Å². The summed E-state index contributed by atoms with van der Waals surface area (Å²) in [5.74, 6) is 0. The maximum absolute atomic E-state index is 10.9. The van der Waals surface area contributed by atoms with Gasteiger partial charge in [-0.15, -0.1) is 5.10 Å². The Kier molecular flexibility index (Phi) is 4.08. The van der Waals surface area contributed by atoms with E-state index in [4.69, 9.17) is 16.7 Å². The van der Waals surface area contributed by atoms with Crippen LogP contribution in [0.3, 0.4) is 0 Å². The molecule has 8 heteroatoms. The Balaban J connectivity index is 2.29. The molecule has 1 N–H and O–H groups in total. The molecule has 1 heterocycles. The summed E-state index contributed by atoms with van der Waals surface area (Å²) in [5, 5.41) is 27.7. The first-order valence-electron chi connectivity index (χ1n) is 5.53. The highest BCUT2D eigenvalue weighted by atomic mass is 35.5. The lowest BCUT2D eigenvalue weighted by atomic mass is 10.2. The van der Waals surface area contributed by atoms with E-state index in [-0.39, 0.29) is 18.8 Å². The zero-order valence-electron chi connectivity index (χ0n) is 9.86. The van der Waals surface area contributed by atoms with Crippen LogP contribution >= 0.6 is 11.6 Å².